The zero-order chi connectivity index (χ0) is 16.3. The second-order valence-corrected chi connectivity index (χ2v) is 6.72. The van der Waals surface area contributed by atoms with E-state index in [1.165, 1.54) is 6.07 Å². The summed E-state index contributed by atoms with van der Waals surface area (Å²) in [5.74, 6) is -0.0899. The number of benzene rings is 1. The number of nitrogens with one attached hydrogen (secondary N) is 1. The van der Waals surface area contributed by atoms with Crippen molar-refractivity contribution < 1.29 is 9.90 Å². The summed E-state index contributed by atoms with van der Waals surface area (Å²) in [6.07, 6.45) is 6.10. The van der Waals surface area contributed by atoms with E-state index in [0.717, 1.165) is 17.8 Å². The van der Waals surface area contributed by atoms with Gasteiger partial charge in [-0.15, -0.1) is 0 Å². The van der Waals surface area contributed by atoms with Crippen molar-refractivity contribution in [3.63, 3.8) is 0 Å². The molecule has 0 radical (unpaired) electrons. The molecule has 1 amide bonds. The van der Waals surface area contributed by atoms with Gasteiger partial charge in [0.2, 0.25) is 5.91 Å². The second kappa shape index (κ2) is 6.44. The van der Waals surface area contributed by atoms with Crippen LogP contribution in [0.3, 0.4) is 0 Å². The Morgan fingerprint density at radius 2 is 2.14 bits per heavy atom. The summed E-state index contributed by atoms with van der Waals surface area (Å²) >= 11 is 5.84. The van der Waals surface area contributed by atoms with Crippen molar-refractivity contribution in [3.8, 4) is 5.75 Å². The number of hydrogen-bond acceptors (Lipinski definition) is 3. The van der Waals surface area contributed by atoms with E-state index in [-0.39, 0.29) is 28.6 Å². The molecule has 0 saturated carbocycles. The highest BCUT2D eigenvalue weighted by Crippen LogP contribution is 2.24. The second-order valence-electron chi connectivity index (χ2n) is 6.31. The van der Waals surface area contributed by atoms with Crippen molar-refractivity contribution in [2.45, 2.75) is 32.7 Å². The van der Waals surface area contributed by atoms with Crippen LogP contribution in [0, 0.1) is 0 Å². The molecule has 1 aliphatic heterocycles. The first-order chi connectivity index (χ1) is 10.3. The van der Waals surface area contributed by atoms with Crippen LogP contribution >= 0.6 is 11.6 Å². The van der Waals surface area contributed by atoms with Gasteiger partial charge in [-0.2, -0.15) is 0 Å². The third-order valence-electron chi connectivity index (χ3n) is 3.46. The van der Waals surface area contributed by atoms with Gasteiger partial charge in [-0.3, -0.25) is 4.79 Å². The summed E-state index contributed by atoms with van der Waals surface area (Å²) in [5.41, 5.74) is 1.62. The number of hydrogen-bond donors (Lipinski definition) is 2. The Labute approximate surface area is 136 Å². The predicted octanol–water partition coefficient (Wildman–Crippen LogP) is 3.22. The number of halogens is 1. The van der Waals surface area contributed by atoms with E-state index in [0.29, 0.717) is 0 Å². The number of carbonyl (C=O) groups is 1. The molecule has 0 fully saturated rings. The zero-order valence-corrected chi connectivity index (χ0v) is 13.8. The maximum atomic E-state index is 12.1. The topological polar surface area (TPSA) is 52.6 Å². The molecule has 0 atom stereocenters. The van der Waals surface area contributed by atoms with Gasteiger partial charge in [0, 0.05) is 24.0 Å². The van der Waals surface area contributed by atoms with E-state index < -0.39 is 0 Å². The lowest BCUT2D eigenvalue weighted by Gasteiger charge is -2.35. The van der Waals surface area contributed by atoms with Gasteiger partial charge in [-0.05, 0) is 50.6 Å². The van der Waals surface area contributed by atoms with E-state index in [9.17, 15) is 9.90 Å². The van der Waals surface area contributed by atoms with Crippen molar-refractivity contribution >= 4 is 17.5 Å². The minimum Gasteiger partial charge on any atom is -0.506 e. The molecule has 4 nitrogen and oxygen atoms in total. The Morgan fingerprint density at radius 3 is 2.68 bits per heavy atom. The fraction of sp³-hybridized carbons (Fsp3) is 0.353. The van der Waals surface area contributed by atoms with Crippen LogP contribution in [0.5, 0.6) is 5.75 Å². The number of nitrogens with zero attached hydrogens (tertiary/aromatic N) is 1. The summed E-state index contributed by atoms with van der Waals surface area (Å²) in [4.78, 5) is 14.2. The summed E-state index contributed by atoms with van der Waals surface area (Å²) in [7, 11) is 0. The normalized spacial score (nSPS) is 14.7. The first-order valence-corrected chi connectivity index (χ1v) is 7.56. The summed E-state index contributed by atoms with van der Waals surface area (Å²) in [5, 5.41) is 12.5. The van der Waals surface area contributed by atoms with E-state index in [2.05, 4.69) is 31.0 Å². The van der Waals surface area contributed by atoms with Gasteiger partial charge in [0.15, 0.2) is 0 Å². The minimum absolute atomic E-state index is 0.0195. The summed E-state index contributed by atoms with van der Waals surface area (Å²) in [6, 6.07) is 4.78. The van der Waals surface area contributed by atoms with Gasteiger partial charge >= 0.3 is 0 Å². The van der Waals surface area contributed by atoms with Crippen LogP contribution in [0.15, 0.2) is 42.2 Å². The smallest absolute Gasteiger partial charge is 0.228 e. The van der Waals surface area contributed by atoms with Crippen molar-refractivity contribution in [1.82, 2.24) is 10.2 Å². The van der Waals surface area contributed by atoms with Gasteiger partial charge < -0.3 is 15.3 Å². The first kappa shape index (κ1) is 16.4. The molecule has 5 heteroatoms. The highest BCUT2D eigenvalue weighted by Gasteiger charge is 2.19. The van der Waals surface area contributed by atoms with Crippen LogP contribution in [0.1, 0.15) is 26.3 Å². The monoisotopic (exact) mass is 320 g/mol. The molecule has 118 valence electrons. The third kappa shape index (κ3) is 4.28. The molecule has 0 bridgehead atoms. The Bertz CT molecular complexity index is 630. The first-order valence-electron chi connectivity index (χ1n) is 7.18. The predicted molar refractivity (Wildman–Crippen MR) is 88.6 cm³/mol. The summed E-state index contributed by atoms with van der Waals surface area (Å²) < 4.78 is 0. The van der Waals surface area contributed by atoms with Crippen LogP contribution in [-0.4, -0.2) is 28.0 Å². The number of phenols is 1. The van der Waals surface area contributed by atoms with Crippen LogP contribution in [0.25, 0.3) is 0 Å². The van der Waals surface area contributed by atoms with E-state index in [1.807, 2.05) is 18.4 Å². The molecule has 0 aromatic heterocycles. The molecule has 0 spiro atoms. The molecule has 1 aliphatic rings. The minimum atomic E-state index is -0.109. The van der Waals surface area contributed by atoms with Crippen molar-refractivity contribution in [1.29, 1.82) is 0 Å². The molecule has 0 saturated heterocycles. The molecule has 0 aliphatic carbocycles. The van der Waals surface area contributed by atoms with Gasteiger partial charge in [0.25, 0.3) is 0 Å². The van der Waals surface area contributed by atoms with E-state index >= 15 is 0 Å². The molecule has 2 rings (SSSR count). The van der Waals surface area contributed by atoms with Crippen molar-refractivity contribution in [2.75, 3.05) is 6.54 Å². The van der Waals surface area contributed by atoms with Gasteiger partial charge in [0.1, 0.15) is 5.75 Å². The van der Waals surface area contributed by atoms with Crippen molar-refractivity contribution in [2.24, 2.45) is 0 Å². The Kier molecular flexibility index (Phi) is 4.81. The van der Waals surface area contributed by atoms with Crippen LogP contribution in [0.4, 0.5) is 0 Å². The standard InChI is InChI=1S/C17H21ClN2O2/c1-17(2,3)20-8-6-13(7-9-20)19-16(22)11-12-4-5-15(21)14(18)10-12/h4-8,10,21H,9,11H2,1-3H3,(H,19,22). The average molecular weight is 321 g/mol. The van der Waals surface area contributed by atoms with Gasteiger partial charge in [-0.25, -0.2) is 0 Å². The third-order valence-corrected chi connectivity index (χ3v) is 3.77. The lowest BCUT2D eigenvalue weighted by atomic mass is 10.1. The Hall–Kier alpha value is -1.94. The molecule has 22 heavy (non-hydrogen) atoms. The average Bonchev–Trinajstić information content (AvgIpc) is 2.42. The molecule has 1 aromatic rings. The lowest BCUT2D eigenvalue weighted by Crippen LogP contribution is -2.39. The fourth-order valence-electron chi connectivity index (χ4n) is 2.14. The van der Waals surface area contributed by atoms with Gasteiger partial charge in [-0.1, -0.05) is 17.7 Å². The number of aromatic hydroxyl groups is 1. The maximum absolute atomic E-state index is 12.1. The van der Waals surface area contributed by atoms with Crippen LogP contribution < -0.4 is 5.32 Å². The lowest BCUT2D eigenvalue weighted by molar-refractivity contribution is -0.119. The molecular weight excluding hydrogens is 300 g/mol. The Balaban J connectivity index is 1.92. The quantitative estimate of drug-likeness (QED) is 0.899. The molecule has 1 aromatic carbocycles. The fourth-order valence-corrected chi connectivity index (χ4v) is 2.34. The molecular formula is C17H21ClN2O2. The SMILES string of the molecule is CC(C)(C)N1C=CC(NC(=O)Cc2ccc(O)c(Cl)c2)=CC1. The van der Waals surface area contributed by atoms with E-state index in [4.69, 9.17) is 11.6 Å². The van der Waals surface area contributed by atoms with Gasteiger partial charge in [0.05, 0.1) is 11.4 Å². The largest absolute Gasteiger partial charge is 0.506 e. The zero-order valence-electron chi connectivity index (χ0n) is 13.1. The van der Waals surface area contributed by atoms with Crippen molar-refractivity contribution in [3.05, 3.63) is 52.8 Å². The molecule has 2 N–H and O–H groups in total. The maximum Gasteiger partial charge on any atom is 0.228 e. The highest BCUT2D eigenvalue weighted by atomic mass is 35.5. The summed E-state index contributed by atoms with van der Waals surface area (Å²) in [6.45, 7) is 7.19. The number of rotatable bonds is 3. The number of phenolic OH excluding ortho intramolecular Hbond substituents is 1. The van der Waals surface area contributed by atoms with Crippen LogP contribution in [0.2, 0.25) is 5.02 Å². The number of amides is 1. The number of allylic oxidation sites excluding steroid dienone is 1. The number of carbonyl (C=O) groups excluding carboxylic acids is 1. The van der Waals surface area contributed by atoms with Crippen LogP contribution in [-0.2, 0) is 11.2 Å². The molecule has 1 heterocycles. The van der Waals surface area contributed by atoms with E-state index in [1.54, 1.807) is 12.1 Å². The Morgan fingerprint density at radius 1 is 1.41 bits per heavy atom. The highest BCUT2D eigenvalue weighted by molar-refractivity contribution is 6.32. The molecule has 0 unspecified atom stereocenters.